The van der Waals surface area contributed by atoms with Crippen molar-refractivity contribution >= 4 is 23.6 Å². The molecule has 0 radical (unpaired) electrons. The van der Waals surface area contributed by atoms with Crippen LogP contribution in [0.3, 0.4) is 0 Å². The van der Waals surface area contributed by atoms with E-state index in [2.05, 4.69) is 21.0 Å². The van der Waals surface area contributed by atoms with Crippen molar-refractivity contribution in [1.29, 1.82) is 0 Å². The van der Waals surface area contributed by atoms with Gasteiger partial charge in [0.25, 0.3) is 0 Å². The molecule has 4 aromatic rings. The molecule has 2 aromatic heterocycles. The molecule has 0 aliphatic rings. The summed E-state index contributed by atoms with van der Waals surface area (Å²) in [6.45, 7) is 0.176. The van der Waals surface area contributed by atoms with Gasteiger partial charge < -0.3 is 13.9 Å². The van der Waals surface area contributed by atoms with E-state index >= 15 is 0 Å². The standard InChI is InChI=1S/C23H21N5O5S/c1-31-17-9-7-16(8-10-17)28-15-24-27-23(28)34-14-21(29)25-26-22(30)20-12-11-19(33-20)13-32-18-5-3-2-4-6-18/h2-12,15H,13-14H2,1H3,(H,25,29)(H,26,30). The summed E-state index contributed by atoms with van der Waals surface area (Å²) in [6, 6.07) is 19.8. The Bertz CT molecular complexity index is 1240. The molecule has 0 saturated carbocycles. The SMILES string of the molecule is COc1ccc(-n2cnnc2SCC(=O)NNC(=O)c2ccc(COc3ccccc3)o2)cc1. The lowest BCUT2D eigenvalue weighted by atomic mass is 10.3. The van der Waals surface area contributed by atoms with Crippen LogP contribution >= 0.6 is 11.8 Å². The van der Waals surface area contributed by atoms with Gasteiger partial charge in [-0.3, -0.25) is 25.0 Å². The Balaban J connectivity index is 1.24. The third kappa shape index (κ3) is 5.95. The zero-order valence-corrected chi connectivity index (χ0v) is 19.0. The molecule has 0 saturated heterocycles. The molecular formula is C23H21N5O5S. The molecule has 11 heteroatoms. The molecule has 2 N–H and O–H groups in total. The van der Waals surface area contributed by atoms with Gasteiger partial charge in [0.05, 0.1) is 12.9 Å². The largest absolute Gasteiger partial charge is 0.497 e. The number of amides is 2. The monoisotopic (exact) mass is 479 g/mol. The number of nitrogens with zero attached hydrogens (tertiary/aromatic N) is 3. The number of thioether (sulfide) groups is 1. The van der Waals surface area contributed by atoms with Crippen molar-refractivity contribution < 1.29 is 23.5 Å². The van der Waals surface area contributed by atoms with Crippen LogP contribution in [-0.4, -0.2) is 39.4 Å². The molecule has 0 spiro atoms. The minimum Gasteiger partial charge on any atom is -0.497 e. The van der Waals surface area contributed by atoms with E-state index in [1.54, 1.807) is 24.1 Å². The fraction of sp³-hybridized carbons (Fsp3) is 0.130. The van der Waals surface area contributed by atoms with Crippen molar-refractivity contribution in [2.45, 2.75) is 11.8 Å². The van der Waals surface area contributed by atoms with Gasteiger partial charge in [-0.25, -0.2) is 0 Å². The molecule has 2 aromatic carbocycles. The van der Waals surface area contributed by atoms with Crippen LogP contribution < -0.4 is 20.3 Å². The average Bonchev–Trinajstić information content (AvgIpc) is 3.55. The number of hydrazine groups is 1. The number of hydrogen-bond donors (Lipinski definition) is 2. The summed E-state index contributed by atoms with van der Waals surface area (Å²) in [5.74, 6) is 0.981. The zero-order chi connectivity index (χ0) is 23.8. The minimum atomic E-state index is -0.578. The Morgan fingerprint density at radius 1 is 1.00 bits per heavy atom. The van der Waals surface area contributed by atoms with Crippen LogP contribution in [0, 0.1) is 0 Å². The van der Waals surface area contributed by atoms with E-state index in [0.29, 0.717) is 16.7 Å². The molecule has 0 aliphatic heterocycles. The Morgan fingerprint density at radius 2 is 1.79 bits per heavy atom. The molecule has 10 nitrogen and oxygen atoms in total. The second kappa shape index (κ2) is 11.1. The van der Waals surface area contributed by atoms with Crippen molar-refractivity contribution in [1.82, 2.24) is 25.6 Å². The number of carbonyl (C=O) groups is 2. The molecule has 2 amide bonds. The van der Waals surface area contributed by atoms with E-state index in [4.69, 9.17) is 13.9 Å². The van der Waals surface area contributed by atoms with Crippen molar-refractivity contribution in [3.8, 4) is 17.2 Å². The first kappa shape index (κ1) is 22.9. The number of furan rings is 1. The van der Waals surface area contributed by atoms with E-state index < -0.39 is 11.8 Å². The van der Waals surface area contributed by atoms with E-state index in [1.165, 1.54) is 17.8 Å². The van der Waals surface area contributed by atoms with Gasteiger partial charge in [-0.2, -0.15) is 0 Å². The number of aromatic nitrogens is 3. The normalized spacial score (nSPS) is 10.5. The lowest BCUT2D eigenvalue weighted by Crippen LogP contribution is -2.42. The van der Waals surface area contributed by atoms with Crippen molar-refractivity contribution in [3.63, 3.8) is 0 Å². The summed E-state index contributed by atoms with van der Waals surface area (Å²) >= 11 is 1.18. The first-order valence-electron chi connectivity index (χ1n) is 10.2. The molecule has 2 heterocycles. The van der Waals surface area contributed by atoms with E-state index in [9.17, 15) is 9.59 Å². The Labute approximate surface area is 199 Å². The number of benzene rings is 2. The molecule has 34 heavy (non-hydrogen) atoms. The maximum atomic E-state index is 12.3. The highest BCUT2D eigenvalue weighted by Gasteiger charge is 2.14. The molecule has 0 unspecified atom stereocenters. The molecule has 0 bridgehead atoms. The lowest BCUT2D eigenvalue weighted by Gasteiger charge is -2.08. The predicted molar refractivity (Wildman–Crippen MR) is 124 cm³/mol. The quantitative estimate of drug-likeness (QED) is 0.278. The summed E-state index contributed by atoms with van der Waals surface area (Å²) in [4.78, 5) is 24.5. The molecule has 0 atom stereocenters. The molecule has 0 aliphatic carbocycles. The smallest absolute Gasteiger partial charge is 0.305 e. The summed E-state index contributed by atoms with van der Waals surface area (Å²) in [7, 11) is 1.59. The number of para-hydroxylation sites is 1. The maximum Gasteiger partial charge on any atom is 0.305 e. The Hall–Kier alpha value is -4.25. The molecular weight excluding hydrogens is 458 g/mol. The second-order valence-corrected chi connectivity index (χ2v) is 7.78. The van der Waals surface area contributed by atoms with Crippen LogP contribution in [0.1, 0.15) is 16.3 Å². The van der Waals surface area contributed by atoms with E-state index in [-0.39, 0.29) is 18.1 Å². The van der Waals surface area contributed by atoms with Crippen LogP contribution in [0.5, 0.6) is 11.5 Å². The average molecular weight is 480 g/mol. The number of nitrogens with one attached hydrogen (secondary N) is 2. The van der Waals surface area contributed by atoms with Crippen LogP contribution in [0.2, 0.25) is 0 Å². The fourth-order valence-electron chi connectivity index (χ4n) is 2.85. The first-order valence-corrected chi connectivity index (χ1v) is 11.1. The van der Waals surface area contributed by atoms with Gasteiger partial charge in [0, 0.05) is 5.69 Å². The van der Waals surface area contributed by atoms with Crippen LogP contribution in [0.25, 0.3) is 5.69 Å². The van der Waals surface area contributed by atoms with Gasteiger partial charge in [-0.1, -0.05) is 30.0 Å². The number of carbonyl (C=O) groups excluding carboxylic acids is 2. The molecule has 4 rings (SSSR count). The van der Waals surface area contributed by atoms with Crippen molar-refractivity contribution in [3.05, 3.63) is 84.6 Å². The fourth-order valence-corrected chi connectivity index (χ4v) is 3.57. The highest BCUT2D eigenvalue weighted by molar-refractivity contribution is 7.99. The maximum absolute atomic E-state index is 12.3. The number of ether oxygens (including phenoxy) is 2. The molecule has 174 valence electrons. The third-order valence-corrected chi connectivity index (χ3v) is 5.47. The topological polar surface area (TPSA) is 121 Å². The lowest BCUT2D eigenvalue weighted by molar-refractivity contribution is -0.119. The van der Waals surface area contributed by atoms with Crippen LogP contribution in [0.4, 0.5) is 0 Å². The minimum absolute atomic E-state index is 0.0173. The van der Waals surface area contributed by atoms with Gasteiger partial charge in [-0.05, 0) is 48.5 Å². The highest BCUT2D eigenvalue weighted by Crippen LogP contribution is 2.21. The Kier molecular flexibility index (Phi) is 7.45. The van der Waals surface area contributed by atoms with Crippen molar-refractivity contribution in [2.75, 3.05) is 12.9 Å². The second-order valence-electron chi connectivity index (χ2n) is 6.84. The Morgan fingerprint density at radius 3 is 2.56 bits per heavy atom. The summed E-state index contributed by atoms with van der Waals surface area (Å²) in [6.07, 6.45) is 1.56. The van der Waals surface area contributed by atoms with Gasteiger partial charge in [0.2, 0.25) is 5.91 Å². The van der Waals surface area contributed by atoms with Crippen LogP contribution in [-0.2, 0) is 11.4 Å². The summed E-state index contributed by atoms with van der Waals surface area (Å²) in [5, 5.41) is 8.48. The third-order valence-electron chi connectivity index (χ3n) is 4.52. The molecule has 0 fully saturated rings. The number of rotatable bonds is 9. The van der Waals surface area contributed by atoms with Gasteiger partial charge in [-0.15, -0.1) is 10.2 Å². The predicted octanol–water partition coefficient (Wildman–Crippen LogP) is 3.00. The van der Waals surface area contributed by atoms with Gasteiger partial charge in [0.15, 0.2) is 10.9 Å². The first-order chi connectivity index (χ1) is 16.6. The summed E-state index contributed by atoms with van der Waals surface area (Å²) in [5.41, 5.74) is 5.52. The number of hydrogen-bond acceptors (Lipinski definition) is 8. The van der Waals surface area contributed by atoms with E-state index in [0.717, 1.165) is 11.4 Å². The van der Waals surface area contributed by atoms with E-state index in [1.807, 2.05) is 54.6 Å². The highest BCUT2D eigenvalue weighted by atomic mass is 32.2. The van der Waals surface area contributed by atoms with Crippen LogP contribution in [0.15, 0.2) is 82.6 Å². The zero-order valence-electron chi connectivity index (χ0n) is 18.1. The number of methoxy groups -OCH3 is 1. The van der Waals surface area contributed by atoms with Crippen molar-refractivity contribution in [2.24, 2.45) is 0 Å². The summed E-state index contributed by atoms with van der Waals surface area (Å²) < 4.78 is 18.0. The van der Waals surface area contributed by atoms with Gasteiger partial charge >= 0.3 is 5.91 Å². The van der Waals surface area contributed by atoms with Gasteiger partial charge in [0.1, 0.15) is 30.2 Å².